The molecule has 4 nitrogen and oxygen atoms in total. The molecule has 0 aliphatic rings. The van der Waals surface area contributed by atoms with Gasteiger partial charge in [-0.05, 0) is 24.8 Å². The maximum Gasteiger partial charge on any atom is 0.315 e. The third-order valence-electron chi connectivity index (χ3n) is 2.30. The van der Waals surface area contributed by atoms with Crippen molar-refractivity contribution >= 4 is 28.7 Å². The highest BCUT2D eigenvalue weighted by Crippen LogP contribution is 2.08. The van der Waals surface area contributed by atoms with E-state index in [0.717, 1.165) is 17.1 Å². The van der Waals surface area contributed by atoms with Crippen LogP contribution in [0.1, 0.15) is 15.6 Å². The fourth-order valence-corrected chi connectivity index (χ4v) is 2.88. The highest BCUT2D eigenvalue weighted by atomic mass is 32.1. The lowest BCUT2D eigenvalue weighted by Gasteiger charge is -2.05. The Balaban J connectivity index is 1.63. The molecule has 6 heteroatoms. The number of aryl methyl sites for hydroxylation is 1. The molecular weight excluding hydrogens is 266 g/mol. The Labute approximate surface area is 114 Å². The van der Waals surface area contributed by atoms with Crippen LogP contribution in [0.15, 0.2) is 22.9 Å². The molecule has 18 heavy (non-hydrogen) atoms. The minimum Gasteiger partial charge on any atom is -0.338 e. The molecule has 2 aromatic rings. The molecule has 2 rings (SSSR count). The second-order valence-corrected chi connectivity index (χ2v) is 5.80. The summed E-state index contributed by atoms with van der Waals surface area (Å²) >= 11 is 3.27. The number of nitrogens with zero attached hydrogens (tertiary/aromatic N) is 1. The van der Waals surface area contributed by atoms with E-state index in [1.165, 1.54) is 4.88 Å². The molecule has 2 N–H and O–H groups in total. The van der Waals surface area contributed by atoms with Gasteiger partial charge >= 0.3 is 6.03 Å². The van der Waals surface area contributed by atoms with E-state index in [1.54, 1.807) is 22.7 Å². The number of hydrogen-bond donors (Lipinski definition) is 2. The summed E-state index contributed by atoms with van der Waals surface area (Å²) in [5, 5.41) is 10.6. The number of carbonyl (C=O) groups is 1. The van der Waals surface area contributed by atoms with Crippen molar-refractivity contribution < 1.29 is 4.79 Å². The zero-order chi connectivity index (χ0) is 12.8. The number of amides is 2. The fourth-order valence-electron chi connectivity index (χ4n) is 1.46. The Bertz CT molecular complexity index is 493. The molecule has 2 aromatic heterocycles. The lowest BCUT2D eigenvalue weighted by atomic mass is 10.3. The largest absolute Gasteiger partial charge is 0.338 e. The molecule has 0 aromatic carbocycles. The number of carbonyl (C=O) groups excluding carboxylic acids is 1. The second kappa shape index (κ2) is 6.51. The van der Waals surface area contributed by atoms with E-state index in [2.05, 4.69) is 21.7 Å². The van der Waals surface area contributed by atoms with Crippen molar-refractivity contribution in [3.8, 4) is 0 Å². The topological polar surface area (TPSA) is 54.0 Å². The predicted octanol–water partition coefficient (Wildman–Crippen LogP) is 2.55. The van der Waals surface area contributed by atoms with Crippen LogP contribution in [0.25, 0.3) is 0 Å². The zero-order valence-electron chi connectivity index (χ0n) is 10.1. The summed E-state index contributed by atoms with van der Waals surface area (Å²) in [7, 11) is 0. The van der Waals surface area contributed by atoms with Crippen LogP contribution in [0.2, 0.25) is 0 Å². The normalized spacial score (nSPS) is 10.3. The van der Waals surface area contributed by atoms with E-state index in [0.29, 0.717) is 13.1 Å². The van der Waals surface area contributed by atoms with Gasteiger partial charge < -0.3 is 10.6 Å². The van der Waals surface area contributed by atoms with Gasteiger partial charge in [0.25, 0.3) is 0 Å². The average Bonchev–Trinajstić information content (AvgIpc) is 2.98. The quantitative estimate of drug-likeness (QED) is 0.885. The van der Waals surface area contributed by atoms with Crippen LogP contribution in [-0.4, -0.2) is 17.6 Å². The van der Waals surface area contributed by atoms with Crippen LogP contribution in [0.3, 0.4) is 0 Å². The molecule has 0 radical (unpaired) electrons. The SMILES string of the molecule is Cc1csc(CNC(=O)NCCc2cccs2)n1. The number of rotatable bonds is 5. The van der Waals surface area contributed by atoms with E-state index < -0.39 is 0 Å². The number of nitrogens with one attached hydrogen (secondary N) is 2. The van der Waals surface area contributed by atoms with Gasteiger partial charge in [0.1, 0.15) is 5.01 Å². The minimum absolute atomic E-state index is 0.139. The second-order valence-electron chi connectivity index (χ2n) is 3.82. The van der Waals surface area contributed by atoms with Crippen LogP contribution in [0.4, 0.5) is 4.79 Å². The number of urea groups is 1. The lowest BCUT2D eigenvalue weighted by Crippen LogP contribution is -2.36. The van der Waals surface area contributed by atoms with Crippen molar-refractivity contribution in [1.82, 2.24) is 15.6 Å². The molecule has 0 aliphatic heterocycles. The lowest BCUT2D eigenvalue weighted by molar-refractivity contribution is 0.240. The summed E-state index contributed by atoms with van der Waals surface area (Å²) in [6.07, 6.45) is 0.876. The Hall–Kier alpha value is -1.40. The summed E-state index contributed by atoms with van der Waals surface area (Å²) in [6, 6.07) is 3.95. The van der Waals surface area contributed by atoms with Crippen LogP contribution in [0.5, 0.6) is 0 Å². The molecule has 0 unspecified atom stereocenters. The van der Waals surface area contributed by atoms with Gasteiger partial charge in [0.05, 0.1) is 6.54 Å². The highest BCUT2D eigenvalue weighted by molar-refractivity contribution is 7.10. The van der Waals surface area contributed by atoms with Gasteiger partial charge in [0.2, 0.25) is 0 Å². The summed E-state index contributed by atoms with van der Waals surface area (Å²) < 4.78 is 0. The van der Waals surface area contributed by atoms with Gasteiger partial charge in [0, 0.05) is 22.5 Å². The summed E-state index contributed by atoms with van der Waals surface area (Å²) in [6.45, 7) is 3.09. The first-order valence-corrected chi connectivity index (χ1v) is 7.45. The number of aromatic nitrogens is 1. The molecule has 96 valence electrons. The van der Waals surface area contributed by atoms with Crippen LogP contribution in [-0.2, 0) is 13.0 Å². The molecule has 0 fully saturated rings. The van der Waals surface area contributed by atoms with Gasteiger partial charge in [-0.25, -0.2) is 9.78 Å². The Kier molecular flexibility index (Phi) is 4.72. The number of thiophene rings is 1. The standard InChI is InChI=1S/C12H15N3OS2/c1-9-8-18-11(15-9)7-14-12(16)13-5-4-10-3-2-6-17-10/h2-3,6,8H,4-5,7H2,1H3,(H2,13,14,16). The smallest absolute Gasteiger partial charge is 0.315 e. The average molecular weight is 281 g/mol. The maximum atomic E-state index is 11.5. The molecule has 0 saturated heterocycles. The Morgan fingerprint density at radius 2 is 2.28 bits per heavy atom. The zero-order valence-corrected chi connectivity index (χ0v) is 11.7. The molecule has 0 atom stereocenters. The monoisotopic (exact) mass is 281 g/mol. The Morgan fingerprint density at radius 3 is 2.94 bits per heavy atom. The molecule has 2 heterocycles. The first-order chi connectivity index (χ1) is 8.74. The van der Waals surface area contributed by atoms with E-state index in [9.17, 15) is 4.79 Å². The highest BCUT2D eigenvalue weighted by Gasteiger charge is 2.02. The van der Waals surface area contributed by atoms with E-state index >= 15 is 0 Å². The van der Waals surface area contributed by atoms with E-state index in [-0.39, 0.29) is 6.03 Å². The first kappa shape index (κ1) is 13.0. The van der Waals surface area contributed by atoms with Crippen LogP contribution in [0, 0.1) is 6.92 Å². The van der Waals surface area contributed by atoms with Gasteiger partial charge in [-0.3, -0.25) is 0 Å². The van der Waals surface area contributed by atoms with Gasteiger partial charge in [0.15, 0.2) is 0 Å². The summed E-state index contributed by atoms with van der Waals surface area (Å²) in [5.41, 5.74) is 0.995. The molecule has 0 spiro atoms. The number of hydrogen-bond acceptors (Lipinski definition) is 4. The van der Waals surface area contributed by atoms with Crippen LogP contribution < -0.4 is 10.6 Å². The molecule has 0 bridgehead atoms. The van der Waals surface area contributed by atoms with Gasteiger partial charge in [-0.15, -0.1) is 22.7 Å². The minimum atomic E-state index is -0.139. The Morgan fingerprint density at radius 1 is 1.39 bits per heavy atom. The predicted molar refractivity (Wildman–Crippen MR) is 75.1 cm³/mol. The van der Waals surface area contributed by atoms with Crippen molar-refractivity contribution in [2.45, 2.75) is 19.9 Å². The molecule has 0 aliphatic carbocycles. The summed E-state index contributed by atoms with van der Waals surface area (Å²) in [4.78, 5) is 17.1. The molecular formula is C12H15N3OS2. The maximum absolute atomic E-state index is 11.5. The van der Waals surface area contributed by atoms with Gasteiger partial charge in [-0.1, -0.05) is 6.07 Å². The van der Waals surface area contributed by atoms with Crippen molar-refractivity contribution in [3.05, 3.63) is 38.5 Å². The fraction of sp³-hybridized carbons (Fsp3) is 0.333. The molecule has 2 amide bonds. The van der Waals surface area contributed by atoms with Crippen LogP contribution >= 0.6 is 22.7 Å². The van der Waals surface area contributed by atoms with Crippen molar-refractivity contribution in [2.24, 2.45) is 0 Å². The van der Waals surface area contributed by atoms with Crippen molar-refractivity contribution in [3.63, 3.8) is 0 Å². The third-order valence-corrected chi connectivity index (χ3v) is 4.21. The summed E-state index contributed by atoms with van der Waals surface area (Å²) in [5.74, 6) is 0. The number of thiazole rings is 1. The van der Waals surface area contributed by atoms with Crippen molar-refractivity contribution in [2.75, 3.05) is 6.54 Å². The van der Waals surface area contributed by atoms with E-state index in [1.807, 2.05) is 23.8 Å². The van der Waals surface area contributed by atoms with Crippen molar-refractivity contribution in [1.29, 1.82) is 0 Å². The first-order valence-electron chi connectivity index (χ1n) is 5.69. The van der Waals surface area contributed by atoms with E-state index in [4.69, 9.17) is 0 Å². The van der Waals surface area contributed by atoms with Gasteiger partial charge in [-0.2, -0.15) is 0 Å². The third kappa shape index (κ3) is 4.12. The molecule has 0 saturated carbocycles.